The van der Waals surface area contributed by atoms with E-state index in [9.17, 15) is 9.59 Å². The Hall–Kier alpha value is -3.28. The first-order chi connectivity index (χ1) is 12.5. The van der Waals surface area contributed by atoms with Crippen LogP contribution in [0.2, 0.25) is 0 Å². The van der Waals surface area contributed by atoms with Gasteiger partial charge in [0, 0.05) is 30.7 Å². The van der Waals surface area contributed by atoms with Crippen molar-refractivity contribution in [2.45, 2.75) is 6.54 Å². The van der Waals surface area contributed by atoms with Crippen LogP contribution in [0.3, 0.4) is 0 Å². The number of amides is 1. The van der Waals surface area contributed by atoms with Gasteiger partial charge in [0.05, 0.1) is 14.2 Å². The van der Waals surface area contributed by atoms with Crippen molar-refractivity contribution in [2.24, 2.45) is 0 Å². The molecule has 0 aliphatic heterocycles. The van der Waals surface area contributed by atoms with E-state index < -0.39 is 5.56 Å². The number of fused-ring (bicyclic) bond motifs is 1. The maximum absolute atomic E-state index is 12.8. The van der Waals surface area contributed by atoms with Gasteiger partial charge in [0.15, 0.2) is 0 Å². The lowest BCUT2D eigenvalue weighted by Gasteiger charge is -2.19. The number of nitrogens with zero attached hydrogens (tertiary/aromatic N) is 1. The molecule has 3 rings (SSSR count). The van der Waals surface area contributed by atoms with Gasteiger partial charge in [-0.15, -0.1) is 0 Å². The number of aromatic amines is 1. The second-order valence-corrected chi connectivity index (χ2v) is 5.94. The lowest BCUT2D eigenvalue weighted by molar-refractivity contribution is 0.0782. The fraction of sp³-hybridized carbons (Fsp3) is 0.200. The molecule has 0 fully saturated rings. The summed E-state index contributed by atoms with van der Waals surface area (Å²) in [5.41, 5.74) is 1.23. The topological polar surface area (TPSA) is 71.6 Å². The monoisotopic (exact) mass is 352 g/mol. The minimum absolute atomic E-state index is 0.110. The standard InChI is InChI=1S/C20H20N2O4/c1-22(12-14-8-9-15(25-2)11-18(14)26-3)20(24)16-10-13-6-4-5-7-17(13)21-19(16)23/h4-11H,12H2,1-3H3,(H,21,23). The molecule has 0 atom stereocenters. The summed E-state index contributed by atoms with van der Waals surface area (Å²) in [5.74, 6) is 0.942. The molecule has 26 heavy (non-hydrogen) atoms. The summed E-state index contributed by atoms with van der Waals surface area (Å²) < 4.78 is 10.6. The number of carbonyl (C=O) groups excluding carboxylic acids is 1. The van der Waals surface area contributed by atoms with Crippen molar-refractivity contribution in [3.8, 4) is 11.5 Å². The summed E-state index contributed by atoms with van der Waals surface area (Å²) >= 11 is 0. The van der Waals surface area contributed by atoms with Crippen LogP contribution in [0, 0.1) is 0 Å². The summed E-state index contributed by atoms with van der Waals surface area (Å²) in [5, 5.41) is 0.811. The SMILES string of the molecule is COc1ccc(CN(C)C(=O)c2cc3ccccc3[nH]c2=O)c(OC)c1. The van der Waals surface area contributed by atoms with E-state index in [1.165, 1.54) is 4.90 Å². The van der Waals surface area contributed by atoms with E-state index >= 15 is 0 Å². The van der Waals surface area contributed by atoms with E-state index in [0.717, 1.165) is 10.9 Å². The van der Waals surface area contributed by atoms with Crippen LogP contribution >= 0.6 is 0 Å². The molecule has 0 saturated carbocycles. The molecule has 0 aliphatic carbocycles. The number of nitrogens with one attached hydrogen (secondary N) is 1. The van der Waals surface area contributed by atoms with Gasteiger partial charge in [0.1, 0.15) is 17.1 Å². The number of aromatic nitrogens is 1. The number of rotatable bonds is 5. The maximum atomic E-state index is 12.8. The lowest BCUT2D eigenvalue weighted by Crippen LogP contribution is -2.31. The molecule has 0 aliphatic rings. The van der Waals surface area contributed by atoms with Crippen LogP contribution < -0.4 is 15.0 Å². The molecule has 1 aromatic heterocycles. The summed E-state index contributed by atoms with van der Waals surface area (Å²) in [7, 11) is 4.80. The molecule has 0 unspecified atom stereocenters. The van der Waals surface area contributed by atoms with Crippen LogP contribution in [0.15, 0.2) is 53.3 Å². The number of benzene rings is 2. The highest BCUT2D eigenvalue weighted by molar-refractivity contribution is 5.97. The number of carbonyl (C=O) groups is 1. The lowest BCUT2D eigenvalue weighted by atomic mass is 10.1. The number of hydrogen-bond donors (Lipinski definition) is 1. The summed E-state index contributed by atoms with van der Waals surface area (Å²) in [6, 6.07) is 14.4. The van der Waals surface area contributed by atoms with Crippen molar-refractivity contribution in [2.75, 3.05) is 21.3 Å². The minimum Gasteiger partial charge on any atom is -0.497 e. The third-order valence-corrected chi connectivity index (χ3v) is 4.23. The Kier molecular flexibility index (Phi) is 4.93. The summed E-state index contributed by atoms with van der Waals surface area (Å²) in [4.78, 5) is 29.3. The smallest absolute Gasteiger partial charge is 0.261 e. The molecular formula is C20H20N2O4. The van der Waals surface area contributed by atoms with Gasteiger partial charge in [-0.3, -0.25) is 9.59 Å². The molecule has 1 heterocycles. The Morgan fingerprint density at radius 3 is 2.58 bits per heavy atom. The fourth-order valence-corrected chi connectivity index (χ4v) is 2.82. The largest absolute Gasteiger partial charge is 0.497 e. The molecule has 0 saturated heterocycles. The number of H-pyrrole nitrogens is 1. The van der Waals surface area contributed by atoms with Crippen molar-refractivity contribution in [1.82, 2.24) is 9.88 Å². The van der Waals surface area contributed by atoms with E-state index in [2.05, 4.69) is 4.98 Å². The molecule has 0 bridgehead atoms. The molecule has 0 radical (unpaired) electrons. The van der Waals surface area contributed by atoms with Gasteiger partial charge in [-0.05, 0) is 29.7 Å². The van der Waals surface area contributed by atoms with Crippen LogP contribution in [-0.2, 0) is 6.54 Å². The Labute approximate surface area is 151 Å². The maximum Gasteiger partial charge on any atom is 0.261 e. The Bertz CT molecular complexity index is 1010. The number of para-hydroxylation sites is 1. The van der Waals surface area contributed by atoms with Crippen LogP contribution in [0.5, 0.6) is 11.5 Å². The molecule has 2 aromatic carbocycles. The van der Waals surface area contributed by atoms with E-state index in [0.29, 0.717) is 23.6 Å². The van der Waals surface area contributed by atoms with Gasteiger partial charge in [0.2, 0.25) is 0 Å². The van der Waals surface area contributed by atoms with Gasteiger partial charge < -0.3 is 19.4 Å². The molecule has 3 aromatic rings. The zero-order valence-electron chi connectivity index (χ0n) is 14.9. The Balaban J connectivity index is 1.89. The van der Waals surface area contributed by atoms with Gasteiger partial charge in [-0.2, -0.15) is 0 Å². The van der Waals surface area contributed by atoms with Crippen LogP contribution in [-0.4, -0.2) is 37.1 Å². The van der Waals surface area contributed by atoms with Crippen molar-refractivity contribution < 1.29 is 14.3 Å². The predicted molar refractivity (Wildman–Crippen MR) is 99.9 cm³/mol. The van der Waals surface area contributed by atoms with Crippen molar-refractivity contribution in [1.29, 1.82) is 0 Å². The zero-order valence-corrected chi connectivity index (χ0v) is 14.9. The summed E-state index contributed by atoms with van der Waals surface area (Å²) in [6.45, 7) is 0.304. The molecule has 6 heteroatoms. The van der Waals surface area contributed by atoms with Crippen molar-refractivity contribution in [3.63, 3.8) is 0 Å². The second kappa shape index (κ2) is 7.31. The first-order valence-corrected chi connectivity index (χ1v) is 8.12. The number of ether oxygens (including phenoxy) is 2. The predicted octanol–water partition coefficient (Wildman–Crippen LogP) is 2.82. The molecule has 1 amide bonds. The molecule has 0 spiro atoms. The number of methoxy groups -OCH3 is 2. The van der Waals surface area contributed by atoms with E-state index in [1.54, 1.807) is 45.5 Å². The summed E-state index contributed by atoms with van der Waals surface area (Å²) in [6.07, 6.45) is 0. The Morgan fingerprint density at radius 1 is 1.08 bits per heavy atom. The second-order valence-electron chi connectivity index (χ2n) is 5.94. The highest BCUT2D eigenvalue weighted by Crippen LogP contribution is 2.25. The third kappa shape index (κ3) is 3.39. The van der Waals surface area contributed by atoms with Gasteiger partial charge in [0.25, 0.3) is 11.5 Å². The first kappa shape index (κ1) is 17.5. The van der Waals surface area contributed by atoms with Gasteiger partial charge >= 0.3 is 0 Å². The quantitative estimate of drug-likeness (QED) is 0.766. The van der Waals surface area contributed by atoms with Gasteiger partial charge in [-0.1, -0.05) is 18.2 Å². The van der Waals surface area contributed by atoms with Crippen LogP contribution in [0.4, 0.5) is 0 Å². The average Bonchev–Trinajstić information content (AvgIpc) is 2.67. The molecular weight excluding hydrogens is 332 g/mol. The van der Waals surface area contributed by atoms with E-state index in [1.807, 2.05) is 24.3 Å². The van der Waals surface area contributed by atoms with E-state index in [-0.39, 0.29) is 11.5 Å². The van der Waals surface area contributed by atoms with Gasteiger partial charge in [-0.25, -0.2) is 0 Å². The average molecular weight is 352 g/mol. The zero-order chi connectivity index (χ0) is 18.7. The Morgan fingerprint density at radius 2 is 1.85 bits per heavy atom. The van der Waals surface area contributed by atoms with Crippen molar-refractivity contribution in [3.05, 3.63) is 70.0 Å². The minimum atomic E-state index is -0.401. The normalized spacial score (nSPS) is 10.6. The van der Waals surface area contributed by atoms with Crippen molar-refractivity contribution >= 4 is 16.8 Å². The first-order valence-electron chi connectivity index (χ1n) is 8.12. The highest BCUT2D eigenvalue weighted by atomic mass is 16.5. The number of pyridine rings is 1. The molecule has 134 valence electrons. The van der Waals surface area contributed by atoms with E-state index in [4.69, 9.17) is 9.47 Å². The van der Waals surface area contributed by atoms with Crippen LogP contribution in [0.25, 0.3) is 10.9 Å². The molecule has 6 nitrogen and oxygen atoms in total. The molecule has 1 N–H and O–H groups in total. The highest BCUT2D eigenvalue weighted by Gasteiger charge is 2.18. The number of hydrogen-bond acceptors (Lipinski definition) is 4. The fourth-order valence-electron chi connectivity index (χ4n) is 2.82. The third-order valence-electron chi connectivity index (χ3n) is 4.23. The van der Waals surface area contributed by atoms with Crippen LogP contribution in [0.1, 0.15) is 15.9 Å².